The number of nitrogens with zero attached hydrogens (tertiary/aromatic N) is 2. The third-order valence-corrected chi connectivity index (χ3v) is 4.72. The van der Waals surface area contributed by atoms with Crippen molar-refractivity contribution in [1.82, 2.24) is 9.78 Å². The van der Waals surface area contributed by atoms with E-state index in [4.69, 9.17) is 0 Å². The first-order valence-corrected chi connectivity index (χ1v) is 8.33. The number of carboxylic acids is 1. The smallest absolute Gasteiger partial charge is 0.331 e. The highest BCUT2D eigenvalue weighted by Gasteiger charge is 2.30. The van der Waals surface area contributed by atoms with Crippen molar-refractivity contribution >= 4 is 33.5 Å². The third-order valence-electron chi connectivity index (χ3n) is 3.83. The van der Waals surface area contributed by atoms with Gasteiger partial charge in [-0.05, 0) is 44.4 Å². The molecule has 0 aliphatic carbocycles. The third kappa shape index (κ3) is 4.23. The van der Waals surface area contributed by atoms with Crippen LogP contribution in [0.25, 0.3) is 0 Å². The maximum Gasteiger partial charge on any atom is 0.331 e. The SMILES string of the molecule is Cc1cc(CCC(=O)Nc2cnn(C(C)(C)C(=O)O)c2)ccc1Br. The van der Waals surface area contributed by atoms with Crippen LogP contribution >= 0.6 is 15.9 Å². The quantitative estimate of drug-likeness (QED) is 0.787. The molecule has 0 radical (unpaired) electrons. The second kappa shape index (κ2) is 7.17. The number of halogens is 1. The Bertz CT molecular complexity index is 768. The molecule has 2 N–H and O–H groups in total. The first-order valence-electron chi connectivity index (χ1n) is 7.53. The minimum Gasteiger partial charge on any atom is -0.479 e. The van der Waals surface area contributed by atoms with E-state index in [0.29, 0.717) is 18.5 Å². The molecular weight excluding hydrogens is 374 g/mol. The zero-order valence-electron chi connectivity index (χ0n) is 13.8. The lowest BCUT2D eigenvalue weighted by Gasteiger charge is -2.19. The fourth-order valence-electron chi connectivity index (χ4n) is 2.13. The van der Waals surface area contributed by atoms with E-state index in [9.17, 15) is 14.7 Å². The van der Waals surface area contributed by atoms with E-state index in [1.807, 2.05) is 25.1 Å². The van der Waals surface area contributed by atoms with E-state index in [2.05, 4.69) is 26.3 Å². The maximum atomic E-state index is 12.1. The van der Waals surface area contributed by atoms with Gasteiger partial charge < -0.3 is 10.4 Å². The van der Waals surface area contributed by atoms with Crippen molar-refractivity contribution in [2.45, 2.75) is 39.2 Å². The lowest BCUT2D eigenvalue weighted by molar-refractivity contribution is -0.146. The number of aromatic nitrogens is 2. The van der Waals surface area contributed by atoms with Crippen molar-refractivity contribution < 1.29 is 14.7 Å². The molecule has 7 heteroatoms. The summed E-state index contributed by atoms with van der Waals surface area (Å²) in [6, 6.07) is 6.00. The topological polar surface area (TPSA) is 84.2 Å². The van der Waals surface area contributed by atoms with Gasteiger partial charge in [-0.25, -0.2) is 4.79 Å². The Morgan fingerprint density at radius 1 is 1.38 bits per heavy atom. The van der Waals surface area contributed by atoms with Crippen molar-refractivity contribution in [1.29, 1.82) is 0 Å². The van der Waals surface area contributed by atoms with Crippen LogP contribution in [0.1, 0.15) is 31.4 Å². The van der Waals surface area contributed by atoms with Crippen LogP contribution < -0.4 is 5.32 Å². The summed E-state index contributed by atoms with van der Waals surface area (Å²) in [4.78, 5) is 23.3. The molecule has 0 aliphatic rings. The van der Waals surface area contributed by atoms with E-state index in [-0.39, 0.29) is 5.91 Å². The number of aliphatic carboxylic acids is 1. The molecule has 1 aromatic heterocycles. The Labute approximate surface area is 149 Å². The summed E-state index contributed by atoms with van der Waals surface area (Å²) >= 11 is 3.45. The number of carbonyl (C=O) groups is 2. The van der Waals surface area contributed by atoms with Gasteiger partial charge in [0, 0.05) is 17.1 Å². The number of benzene rings is 1. The molecule has 128 valence electrons. The van der Waals surface area contributed by atoms with Gasteiger partial charge >= 0.3 is 5.97 Å². The molecule has 6 nitrogen and oxygen atoms in total. The molecule has 24 heavy (non-hydrogen) atoms. The predicted octanol–water partition coefficient (Wildman–Crippen LogP) is 3.35. The Morgan fingerprint density at radius 2 is 2.08 bits per heavy atom. The number of rotatable bonds is 6. The summed E-state index contributed by atoms with van der Waals surface area (Å²) in [5, 5.41) is 15.9. The summed E-state index contributed by atoms with van der Waals surface area (Å²) < 4.78 is 2.37. The normalized spacial score (nSPS) is 11.3. The number of amides is 1. The lowest BCUT2D eigenvalue weighted by Crippen LogP contribution is -2.35. The summed E-state index contributed by atoms with van der Waals surface area (Å²) in [5.41, 5.74) is 1.54. The summed E-state index contributed by atoms with van der Waals surface area (Å²) in [6.45, 7) is 5.10. The zero-order chi connectivity index (χ0) is 17.9. The maximum absolute atomic E-state index is 12.1. The van der Waals surface area contributed by atoms with Crippen LogP contribution in [0.3, 0.4) is 0 Å². The number of hydrogen-bond acceptors (Lipinski definition) is 3. The van der Waals surface area contributed by atoms with E-state index in [1.165, 1.54) is 17.1 Å². The average Bonchev–Trinajstić information content (AvgIpc) is 2.97. The molecule has 0 bridgehead atoms. The van der Waals surface area contributed by atoms with E-state index < -0.39 is 11.5 Å². The highest BCUT2D eigenvalue weighted by molar-refractivity contribution is 9.10. The van der Waals surface area contributed by atoms with Crippen molar-refractivity contribution in [3.05, 3.63) is 46.2 Å². The largest absolute Gasteiger partial charge is 0.479 e. The number of carboxylic acid groups (broad SMARTS) is 1. The molecule has 0 spiro atoms. The molecule has 1 heterocycles. The summed E-state index contributed by atoms with van der Waals surface area (Å²) in [5.74, 6) is -1.13. The van der Waals surface area contributed by atoms with Crippen molar-refractivity contribution in [3.63, 3.8) is 0 Å². The van der Waals surface area contributed by atoms with E-state index in [1.54, 1.807) is 13.8 Å². The van der Waals surface area contributed by atoms with Crippen molar-refractivity contribution in [3.8, 4) is 0 Å². The first-order chi connectivity index (χ1) is 11.2. The number of carbonyl (C=O) groups excluding carboxylic acids is 1. The zero-order valence-corrected chi connectivity index (χ0v) is 15.4. The fraction of sp³-hybridized carbons (Fsp3) is 0.353. The molecule has 0 atom stereocenters. The molecule has 0 fully saturated rings. The van der Waals surface area contributed by atoms with Crippen LogP contribution in [0.5, 0.6) is 0 Å². The van der Waals surface area contributed by atoms with Crippen LogP contribution in [-0.2, 0) is 21.5 Å². The van der Waals surface area contributed by atoms with Crippen LogP contribution in [0.4, 0.5) is 5.69 Å². The fourth-order valence-corrected chi connectivity index (χ4v) is 2.38. The minimum atomic E-state index is -1.17. The van der Waals surface area contributed by atoms with Gasteiger partial charge in [0.15, 0.2) is 5.54 Å². The second-order valence-electron chi connectivity index (χ2n) is 6.17. The Balaban J connectivity index is 1.94. The highest BCUT2D eigenvalue weighted by Crippen LogP contribution is 2.19. The van der Waals surface area contributed by atoms with Gasteiger partial charge in [0.05, 0.1) is 11.9 Å². The lowest BCUT2D eigenvalue weighted by atomic mass is 10.1. The van der Waals surface area contributed by atoms with Gasteiger partial charge in [0.2, 0.25) is 5.91 Å². The monoisotopic (exact) mass is 393 g/mol. The average molecular weight is 394 g/mol. The molecule has 2 aromatic rings. The van der Waals surface area contributed by atoms with Gasteiger partial charge in [-0.2, -0.15) is 5.10 Å². The summed E-state index contributed by atoms with van der Waals surface area (Å²) in [6.07, 6.45) is 3.95. The Kier molecular flexibility index (Phi) is 5.43. The van der Waals surface area contributed by atoms with Crippen molar-refractivity contribution in [2.24, 2.45) is 0 Å². The molecule has 2 rings (SSSR count). The Morgan fingerprint density at radius 3 is 2.71 bits per heavy atom. The minimum absolute atomic E-state index is 0.136. The molecule has 0 aliphatic heterocycles. The molecule has 0 unspecified atom stereocenters. The number of hydrogen-bond donors (Lipinski definition) is 2. The van der Waals surface area contributed by atoms with Crippen LogP contribution in [0.15, 0.2) is 35.1 Å². The number of nitrogens with one attached hydrogen (secondary N) is 1. The summed E-state index contributed by atoms with van der Waals surface area (Å²) in [7, 11) is 0. The van der Waals surface area contributed by atoms with Gasteiger partial charge in [-0.3, -0.25) is 9.48 Å². The van der Waals surface area contributed by atoms with Gasteiger partial charge in [-0.15, -0.1) is 0 Å². The van der Waals surface area contributed by atoms with Crippen molar-refractivity contribution in [2.75, 3.05) is 5.32 Å². The standard InChI is InChI=1S/C17H20BrN3O3/c1-11-8-12(4-6-14(11)18)5-7-15(22)20-13-9-19-21(10-13)17(2,3)16(23)24/h4,6,8-10H,5,7H2,1-3H3,(H,20,22)(H,23,24). The molecular formula is C17H20BrN3O3. The molecule has 0 saturated carbocycles. The number of aryl methyl sites for hydroxylation is 2. The highest BCUT2D eigenvalue weighted by atomic mass is 79.9. The van der Waals surface area contributed by atoms with E-state index >= 15 is 0 Å². The van der Waals surface area contributed by atoms with Crippen LogP contribution in [0.2, 0.25) is 0 Å². The van der Waals surface area contributed by atoms with Gasteiger partial charge in [0.1, 0.15) is 0 Å². The van der Waals surface area contributed by atoms with Gasteiger partial charge in [-0.1, -0.05) is 28.1 Å². The molecule has 1 amide bonds. The first kappa shape index (κ1) is 18.2. The molecule has 1 aromatic carbocycles. The Hall–Kier alpha value is -2.15. The molecule has 0 saturated heterocycles. The van der Waals surface area contributed by atoms with Crippen LogP contribution in [0, 0.1) is 6.92 Å². The van der Waals surface area contributed by atoms with Gasteiger partial charge in [0.25, 0.3) is 0 Å². The van der Waals surface area contributed by atoms with Crippen LogP contribution in [-0.4, -0.2) is 26.8 Å². The second-order valence-corrected chi connectivity index (χ2v) is 7.02. The number of anilines is 1. The predicted molar refractivity (Wildman–Crippen MR) is 95.0 cm³/mol. The van der Waals surface area contributed by atoms with E-state index in [0.717, 1.165) is 15.6 Å².